The molecule has 0 aromatic rings. The van der Waals surface area contributed by atoms with Gasteiger partial charge in [0.25, 0.3) is 0 Å². The highest BCUT2D eigenvalue weighted by Gasteiger charge is 2.57. The van der Waals surface area contributed by atoms with Crippen molar-refractivity contribution in [1.29, 1.82) is 0 Å². The molecule has 2 aliphatic carbocycles. The Morgan fingerprint density at radius 1 is 0.857 bits per heavy atom. The summed E-state index contributed by atoms with van der Waals surface area (Å²) in [4.78, 5) is 5.92. The zero-order valence-corrected chi connectivity index (χ0v) is 9.00. The van der Waals surface area contributed by atoms with Gasteiger partial charge in [0.1, 0.15) is 0 Å². The van der Waals surface area contributed by atoms with Crippen molar-refractivity contribution >= 4 is 0 Å². The van der Waals surface area contributed by atoms with E-state index in [-0.39, 0.29) is 5.72 Å². The summed E-state index contributed by atoms with van der Waals surface area (Å²) in [7, 11) is 0. The van der Waals surface area contributed by atoms with E-state index in [2.05, 4.69) is 5.06 Å². The summed E-state index contributed by atoms with van der Waals surface area (Å²) in [5.41, 5.74) is 0.236. The summed E-state index contributed by atoms with van der Waals surface area (Å²) in [6.45, 7) is 0. The Kier molecular flexibility index (Phi) is 2.29. The molecule has 2 saturated carbocycles. The van der Waals surface area contributed by atoms with E-state index in [4.69, 9.17) is 4.84 Å². The van der Waals surface area contributed by atoms with E-state index in [1.54, 1.807) is 0 Å². The standard InChI is InChI=1S/C12H21NO/c1-3-7-11(8-4-1)13-12(14-13)9-5-2-6-10-12/h11H,1-10H2. The lowest BCUT2D eigenvalue weighted by Crippen LogP contribution is -2.30. The van der Waals surface area contributed by atoms with Gasteiger partial charge in [-0.2, -0.15) is 5.06 Å². The summed E-state index contributed by atoms with van der Waals surface area (Å²) >= 11 is 0. The molecule has 1 aliphatic heterocycles. The molecule has 3 fully saturated rings. The predicted octanol–water partition coefficient (Wildman–Crippen LogP) is 3.23. The highest BCUT2D eigenvalue weighted by molar-refractivity contribution is 4.94. The first-order valence-electron chi connectivity index (χ1n) is 6.39. The van der Waals surface area contributed by atoms with Gasteiger partial charge in [0.15, 0.2) is 5.72 Å². The molecule has 80 valence electrons. The molecule has 0 bridgehead atoms. The van der Waals surface area contributed by atoms with Crippen molar-refractivity contribution in [3.05, 3.63) is 0 Å². The molecule has 1 spiro atoms. The average Bonchev–Trinajstić information content (AvgIpc) is 2.95. The first-order chi connectivity index (χ1) is 6.91. The average molecular weight is 195 g/mol. The molecule has 2 heteroatoms. The molecule has 0 aromatic carbocycles. The first-order valence-corrected chi connectivity index (χ1v) is 6.39. The van der Waals surface area contributed by atoms with E-state index < -0.39 is 0 Å². The van der Waals surface area contributed by atoms with E-state index in [0.717, 1.165) is 6.04 Å². The van der Waals surface area contributed by atoms with Crippen LogP contribution in [0.5, 0.6) is 0 Å². The fourth-order valence-electron chi connectivity index (χ4n) is 3.30. The van der Waals surface area contributed by atoms with Crippen molar-refractivity contribution in [2.75, 3.05) is 0 Å². The van der Waals surface area contributed by atoms with Crippen LogP contribution in [-0.4, -0.2) is 16.8 Å². The van der Waals surface area contributed by atoms with Gasteiger partial charge >= 0.3 is 0 Å². The second kappa shape index (κ2) is 3.49. The Labute approximate surface area is 86.6 Å². The van der Waals surface area contributed by atoms with Crippen molar-refractivity contribution in [2.45, 2.75) is 76.0 Å². The van der Waals surface area contributed by atoms with Crippen LogP contribution in [0.1, 0.15) is 64.2 Å². The second-order valence-electron chi connectivity index (χ2n) is 5.22. The molecule has 0 aromatic heterocycles. The van der Waals surface area contributed by atoms with Gasteiger partial charge in [-0.1, -0.05) is 25.7 Å². The minimum absolute atomic E-state index is 0.236. The molecule has 0 N–H and O–H groups in total. The molecule has 1 unspecified atom stereocenters. The van der Waals surface area contributed by atoms with Crippen LogP contribution in [0.25, 0.3) is 0 Å². The van der Waals surface area contributed by atoms with Gasteiger partial charge < -0.3 is 0 Å². The Bertz CT molecular complexity index is 204. The van der Waals surface area contributed by atoms with Gasteiger partial charge in [0, 0.05) is 6.04 Å². The number of hydroxylamine groups is 2. The van der Waals surface area contributed by atoms with Crippen LogP contribution in [0.4, 0.5) is 0 Å². The lowest BCUT2D eigenvalue weighted by molar-refractivity contribution is 0.119. The number of nitrogens with zero attached hydrogens (tertiary/aromatic N) is 1. The maximum Gasteiger partial charge on any atom is 0.165 e. The lowest BCUT2D eigenvalue weighted by atomic mass is 9.90. The lowest BCUT2D eigenvalue weighted by Gasteiger charge is -2.24. The van der Waals surface area contributed by atoms with Gasteiger partial charge in [-0.25, -0.2) is 0 Å². The fraction of sp³-hybridized carbons (Fsp3) is 1.00. The van der Waals surface area contributed by atoms with Gasteiger partial charge in [0.05, 0.1) is 0 Å². The van der Waals surface area contributed by atoms with Crippen LogP contribution in [0.3, 0.4) is 0 Å². The van der Waals surface area contributed by atoms with E-state index >= 15 is 0 Å². The summed E-state index contributed by atoms with van der Waals surface area (Å²) in [5, 5.41) is 2.37. The Hall–Kier alpha value is -0.0800. The molecular formula is C12H21NO. The Morgan fingerprint density at radius 3 is 2.21 bits per heavy atom. The second-order valence-corrected chi connectivity index (χ2v) is 5.22. The predicted molar refractivity (Wildman–Crippen MR) is 55.6 cm³/mol. The fourth-order valence-corrected chi connectivity index (χ4v) is 3.30. The minimum Gasteiger partial charge on any atom is -0.271 e. The monoisotopic (exact) mass is 195 g/mol. The van der Waals surface area contributed by atoms with Crippen LogP contribution in [-0.2, 0) is 4.84 Å². The molecule has 0 radical (unpaired) electrons. The smallest absolute Gasteiger partial charge is 0.165 e. The molecule has 1 atom stereocenters. The van der Waals surface area contributed by atoms with Crippen molar-refractivity contribution in [2.24, 2.45) is 0 Å². The van der Waals surface area contributed by atoms with Gasteiger partial charge in [-0.3, -0.25) is 4.84 Å². The maximum absolute atomic E-state index is 5.92. The molecule has 3 aliphatic rings. The highest BCUT2D eigenvalue weighted by atomic mass is 16.9. The number of hydrogen-bond acceptors (Lipinski definition) is 2. The van der Waals surface area contributed by atoms with E-state index in [1.807, 2.05) is 0 Å². The summed E-state index contributed by atoms with van der Waals surface area (Å²) in [5.74, 6) is 0. The van der Waals surface area contributed by atoms with E-state index in [9.17, 15) is 0 Å². The third kappa shape index (κ3) is 1.49. The first kappa shape index (κ1) is 9.17. The third-order valence-corrected chi connectivity index (χ3v) is 4.18. The summed E-state index contributed by atoms with van der Waals surface area (Å²) in [6, 6.07) is 0.766. The minimum atomic E-state index is 0.236. The van der Waals surface area contributed by atoms with Crippen LogP contribution >= 0.6 is 0 Å². The van der Waals surface area contributed by atoms with Crippen molar-refractivity contribution in [3.8, 4) is 0 Å². The molecule has 1 saturated heterocycles. The quantitative estimate of drug-likeness (QED) is 0.597. The maximum atomic E-state index is 5.92. The SMILES string of the molecule is C1CCC(N2OC23CCCCC3)CC1. The number of rotatable bonds is 1. The van der Waals surface area contributed by atoms with Gasteiger partial charge in [-0.05, 0) is 38.5 Å². The van der Waals surface area contributed by atoms with Crippen LogP contribution < -0.4 is 0 Å². The van der Waals surface area contributed by atoms with Gasteiger partial charge in [-0.15, -0.1) is 0 Å². The normalized spacial score (nSPS) is 37.3. The largest absolute Gasteiger partial charge is 0.271 e. The topological polar surface area (TPSA) is 15.5 Å². The van der Waals surface area contributed by atoms with Crippen LogP contribution in [0.2, 0.25) is 0 Å². The molecule has 0 amide bonds. The number of hydrogen-bond donors (Lipinski definition) is 0. The van der Waals surface area contributed by atoms with E-state index in [1.165, 1.54) is 64.2 Å². The highest BCUT2D eigenvalue weighted by Crippen LogP contribution is 2.50. The van der Waals surface area contributed by atoms with Crippen LogP contribution in [0, 0.1) is 0 Å². The Morgan fingerprint density at radius 2 is 1.50 bits per heavy atom. The van der Waals surface area contributed by atoms with Crippen molar-refractivity contribution in [3.63, 3.8) is 0 Å². The molecule has 1 heterocycles. The zero-order valence-electron chi connectivity index (χ0n) is 9.00. The van der Waals surface area contributed by atoms with Crippen molar-refractivity contribution in [1.82, 2.24) is 5.06 Å². The summed E-state index contributed by atoms with van der Waals surface area (Å²) < 4.78 is 0. The van der Waals surface area contributed by atoms with E-state index in [0.29, 0.717) is 0 Å². The molecule has 3 rings (SSSR count). The third-order valence-electron chi connectivity index (χ3n) is 4.18. The van der Waals surface area contributed by atoms with Gasteiger partial charge in [0.2, 0.25) is 0 Å². The Balaban J connectivity index is 1.59. The molecule has 14 heavy (non-hydrogen) atoms. The summed E-state index contributed by atoms with van der Waals surface area (Å²) in [6.07, 6.45) is 13.8. The van der Waals surface area contributed by atoms with Crippen molar-refractivity contribution < 1.29 is 4.84 Å². The van der Waals surface area contributed by atoms with Crippen LogP contribution in [0.15, 0.2) is 0 Å². The zero-order chi connectivity index (χ0) is 9.43. The molecule has 2 nitrogen and oxygen atoms in total. The molecular weight excluding hydrogens is 174 g/mol.